The monoisotopic (exact) mass is 1790 g/mol. The third kappa shape index (κ3) is 21.2. The zero-order chi connectivity index (χ0) is 88.6. The van der Waals surface area contributed by atoms with Crippen molar-refractivity contribution in [2.24, 2.45) is 7.05 Å². The Balaban J connectivity index is 0.000000171. The number of methoxy groups -OCH3 is 4. The van der Waals surface area contributed by atoms with Crippen molar-refractivity contribution in [2.45, 2.75) is 45.7 Å². The van der Waals surface area contributed by atoms with Gasteiger partial charge in [-0.15, -0.1) is 0 Å². The molecule has 1 saturated heterocycles. The first-order valence-corrected chi connectivity index (χ1v) is 40.9. The minimum atomic E-state index is -3.27. The smallest absolute Gasteiger partial charge is 0.330 e. The van der Waals surface area contributed by atoms with Crippen LogP contribution in [0.4, 0.5) is 68.7 Å². The molecular formula is C84H83Cl6N19O12S. The van der Waals surface area contributed by atoms with Gasteiger partial charge in [-0.05, 0) is 116 Å². The third-order valence-corrected chi connectivity index (χ3v) is 22.6. The van der Waals surface area contributed by atoms with Crippen LogP contribution in [0.1, 0.15) is 37.3 Å². The Bertz CT molecular complexity index is 6010. The number of rotatable bonds is 24. The molecule has 1 unspecified atom stereocenters. The number of aryl methyl sites for hydroxylation is 2. The van der Waals surface area contributed by atoms with Crippen molar-refractivity contribution in [1.82, 2.24) is 49.2 Å². The van der Waals surface area contributed by atoms with Gasteiger partial charge in [-0.2, -0.15) is 15.0 Å². The molecule has 13 rings (SSSR count). The predicted octanol–water partition coefficient (Wildman–Crippen LogP) is 16.4. The average Bonchev–Trinajstić information content (AvgIpc) is 0.757. The van der Waals surface area contributed by atoms with Crippen LogP contribution in [0.15, 0.2) is 183 Å². The molecule has 0 saturated carbocycles. The average molecular weight is 1800 g/mol. The van der Waals surface area contributed by atoms with Gasteiger partial charge in [-0.25, -0.2) is 42.9 Å². The van der Waals surface area contributed by atoms with Gasteiger partial charge < -0.3 is 45.1 Å². The highest BCUT2D eigenvalue weighted by atomic mass is 35.5. The summed E-state index contributed by atoms with van der Waals surface area (Å²) in [7, 11) is 8.68. The molecule has 6 amide bonds. The van der Waals surface area contributed by atoms with E-state index in [9.17, 15) is 37.2 Å². The number of fused-ring (bicyclic) bond motifs is 3. The second-order valence-electron chi connectivity index (χ2n) is 26.8. The van der Waals surface area contributed by atoms with Gasteiger partial charge in [0.05, 0.1) is 90.3 Å². The summed E-state index contributed by atoms with van der Waals surface area (Å²) in [5.74, 6) is 2.18. The number of benzene rings is 6. The maximum absolute atomic E-state index is 13.2. The number of para-hydroxylation sites is 3. The summed E-state index contributed by atoms with van der Waals surface area (Å²) >= 11 is 38.6. The van der Waals surface area contributed by atoms with Crippen LogP contribution in [0.5, 0.6) is 23.0 Å². The third-order valence-electron chi connectivity index (χ3n) is 18.8. The van der Waals surface area contributed by atoms with Crippen LogP contribution in [0, 0.1) is 6.92 Å². The van der Waals surface area contributed by atoms with E-state index in [1.54, 1.807) is 81.2 Å². The Kier molecular flexibility index (Phi) is 31.0. The lowest BCUT2D eigenvalue weighted by Crippen LogP contribution is -2.48. The molecule has 1 fully saturated rings. The van der Waals surface area contributed by atoms with E-state index >= 15 is 0 Å². The second kappa shape index (κ2) is 41.2. The van der Waals surface area contributed by atoms with Gasteiger partial charge in [0.2, 0.25) is 45.6 Å². The van der Waals surface area contributed by atoms with Crippen molar-refractivity contribution in [3.8, 4) is 45.3 Å². The zero-order valence-electron chi connectivity index (χ0n) is 67.6. The Morgan fingerprint density at radius 2 is 1.18 bits per heavy atom. The van der Waals surface area contributed by atoms with Crippen LogP contribution in [-0.2, 0) is 42.8 Å². The van der Waals surface area contributed by atoms with Gasteiger partial charge in [-0.1, -0.05) is 139 Å². The van der Waals surface area contributed by atoms with Crippen molar-refractivity contribution in [3.63, 3.8) is 0 Å². The van der Waals surface area contributed by atoms with E-state index in [2.05, 4.69) is 97.1 Å². The Morgan fingerprint density at radius 1 is 0.615 bits per heavy atom. The highest BCUT2D eigenvalue weighted by molar-refractivity contribution is 7.89. The predicted molar refractivity (Wildman–Crippen MR) is 483 cm³/mol. The van der Waals surface area contributed by atoms with Crippen molar-refractivity contribution in [1.29, 1.82) is 0 Å². The molecule has 0 spiro atoms. The molecule has 5 aromatic heterocycles. The van der Waals surface area contributed by atoms with Crippen LogP contribution in [0.2, 0.25) is 30.1 Å². The summed E-state index contributed by atoms with van der Waals surface area (Å²) in [6.07, 6.45) is 13.4. The molecule has 0 bridgehead atoms. The Hall–Kier alpha value is -12.5. The van der Waals surface area contributed by atoms with E-state index in [1.807, 2.05) is 68.4 Å². The van der Waals surface area contributed by atoms with E-state index < -0.39 is 21.6 Å². The number of likely N-dealkylation sites (N-methyl/N-ethyl adjacent to an activating group) is 2. The standard InChI is InChI=1S/C24H18Cl2N4O.C21H28N6O3S.C20H18Cl2N4O4.C19H19Cl2N5O4/c1-3-21(31)28-20-9-4-6-14(2)23(20)30-24-27-13-16-12-15(10-11-19(16)29-24)22-17(25)7-5-8-18(22)26;1-3-14-31(29,30)26-16-8-7-13-27(15-16)19-11-12-22-21(25-19)24-18-10-6-5-9-17(18)23-20(28)4-2;1-6-14(27)25(2)20-23-9-10-7-11(19(28)26(3)18(10)24-20)15-16(21)12(29-4)8-13(30-5)17(15)22;1-6-13(27)24(2)18-22-8-10-9-26(19(28)25(3)17(10)23-18)16-14(20)11(29-4)7-12(30-5)15(16)21/h3-13H,1H2,2H3,(H,28,31)(H,27,29,30);4-6,9-12,16,26H,2-3,7-8,13-15H2,1H3,(H,23,28)(H,22,24,25);6-9H,1H2,2-5H3;6-8H,1,9H2,2-5H3. The summed E-state index contributed by atoms with van der Waals surface area (Å²) in [6, 6.07) is 30.0. The molecule has 122 heavy (non-hydrogen) atoms. The highest BCUT2D eigenvalue weighted by Crippen LogP contribution is 2.49. The quantitative estimate of drug-likeness (QED) is 0.0351. The van der Waals surface area contributed by atoms with E-state index in [-0.39, 0.29) is 90.8 Å². The van der Waals surface area contributed by atoms with E-state index in [1.165, 1.54) is 85.1 Å². The maximum atomic E-state index is 13.2. The number of nitrogens with zero attached hydrogens (tertiary/aromatic N) is 14. The van der Waals surface area contributed by atoms with Gasteiger partial charge in [0.15, 0.2) is 0 Å². The van der Waals surface area contributed by atoms with Crippen molar-refractivity contribution < 1.29 is 51.3 Å². The molecule has 38 heteroatoms. The summed E-state index contributed by atoms with van der Waals surface area (Å²) in [5.41, 5.74) is 7.27. The normalized spacial score (nSPS) is 12.8. The number of anilines is 11. The fourth-order valence-electron chi connectivity index (χ4n) is 12.6. The lowest BCUT2D eigenvalue weighted by Gasteiger charge is -2.35. The number of pyridine rings is 1. The first-order chi connectivity index (χ1) is 58.3. The van der Waals surface area contributed by atoms with Crippen molar-refractivity contribution in [3.05, 3.63) is 230 Å². The van der Waals surface area contributed by atoms with Gasteiger partial charge in [-0.3, -0.25) is 48.1 Å². The second-order valence-corrected chi connectivity index (χ2v) is 31.0. The molecule has 7 heterocycles. The summed E-state index contributed by atoms with van der Waals surface area (Å²) in [6.45, 7) is 19.1. The first-order valence-electron chi connectivity index (χ1n) is 37.0. The molecule has 0 aliphatic carbocycles. The molecule has 11 aromatic rings. The van der Waals surface area contributed by atoms with Crippen molar-refractivity contribution in [2.75, 3.05) is 114 Å². The number of piperidine rings is 1. The van der Waals surface area contributed by atoms with Gasteiger partial charge in [0.25, 0.3) is 17.4 Å². The number of halogens is 6. The Morgan fingerprint density at radius 3 is 1.79 bits per heavy atom. The first kappa shape index (κ1) is 91.8. The fraction of sp³-hybridized carbons (Fsp3) is 0.214. The van der Waals surface area contributed by atoms with Crippen LogP contribution in [0.25, 0.3) is 44.2 Å². The number of amides is 6. The number of carbonyl (C=O) groups excluding carboxylic acids is 5. The fourth-order valence-corrected chi connectivity index (χ4v) is 16.0. The van der Waals surface area contributed by atoms with Crippen LogP contribution in [-0.4, -0.2) is 157 Å². The number of ether oxygens (including phenoxy) is 4. The highest BCUT2D eigenvalue weighted by Gasteiger charge is 2.36. The molecule has 2 aliphatic heterocycles. The summed E-state index contributed by atoms with van der Waals surface area (Å²) in [4.78, 5) is 116. The van der Waals surface area contributed by atoms with Gasteiger partial charge in [0, 0.05) is 122 Å². The van der Waals surface area contributed by atoms with Crippen LogP contribution >= 0.6 is 69.6 Å². The number of hydrogen-bond donors (Lipinski definition) is 5. The lowest BCUT2D eigenvalue weighted by molar-refractivity contribution is -0.114. The molecule has 5 N–H and O–H groups in total. The zero-order valence-corrected chi connectivity index (χ0v) is 73.0. The number of carbonyl (C=O) groups is 5. The SMILES string of the molecule is C=CC(=O)N(C)c1ncc2c(n1)N(C)C(=O)N(c1c(Cl)c(OC)cc(OC)c1Cl)C2.C=CC(=O)N(C)c1ncc2cc(-c3c(Cl)c(OC)cc(OC)c3Cl)c(=O)n(C)c2n1.C=CC(=O)Nc1cccc(C)c1Nc1ncc2cc(-c3c(Cl)cccc3Cl)ccc2n1.C=CC(=O)Nc1ccccc1Nc1nccc(N2CCCC(NS(=O)(=O)CCC)C2)n1. The molecular weight excluding hydrogens is 1710 g/mol. The lowest BCUT2D eigenvalue weighted by atomic mass is 10.0. The largest absolute Gasteiger partial charge is 0.495 e. The summed E-state index contributed by atoms with van der Waals surface area (Å²) in [5, 5.41) is 15.1. The van der Waals surface area contributed by atoms with E-state index in [4.69, 9.17) is 88.6 Å². The molecule has 2 aliphatic rings. The number of aromatic nitrogens is 9. The molecule has 1 atom stereocenters. The number of urea groups is 1. The molecule has 6 aromatic carbocycles. The topological polar surface area (TPSA) is 358 Å². The molecule has 0 radical (unpaired) electrons. The van der Waals surface area contributed by atoms with Crippen LogP contribution in [0.3, 0.4) is 0 Å². The maximum Gasteiger partial charge on any atom is 0.330 e. The molecule has 31 nitrogen and oxygen atoms in total. The van der Waals surface area contributed by atoms with E-state index in [0.717, 1.165) is 64.8 Å². The van der Waals surface area contributed by atoms with Gasteiger partial charge >= 0.3 is 6.03 Å². The van der Waals surface area contributed by atoms with Gasteiger partial charge in [0.1, 0.15) is 50.3 Å². The number of sulfonamides is 1. The van der Waals surface area contributed by atoms with Crippen molar-refractivity contribution >= 4 is 195 Å². The van der Waals surface area contributed by atoms with Crippen LogP contribution < -0.4 is 75.0 Å². The summed E-state index contributed by atoms with van der Waals surface area (Å²) < 4.78 is 49.5. The Labute approximate surface area is 733 Å². The number of hydrogen-bond acceptors (Lipinski definition) is 23. The minimum Gasteiger partial charge on any atom is -0.495 e. The number of nitrogens with one attached hydrogen (secondary N) is 5. The van der Waals surface area contributed by atoms with E-state index in [0.29, 0.717) is 103 Å². The minimum absolute atomic E-state index is 0.105. The molecule has 634 valence electrons.